The van der Waals surface area contributed by atoms with E-state index in [0.29, 0.717) is 0 Å². The maximum absolute atomic E-state index is 13.4. The molecule has 3 aromatic rings. The predicted molar refractivity (Wildman–Crippen MR) is 125 cm³/mol. The number of aromatic nitrogens is 3. The molecule has 178 valence electrons. The minimum Gasteiger partial charge on any atom is -0.441 e. The van der Waals surface area contributed by atoms with Crippen LogP contribution in [-0.4, -0.2) is 45.5 Å². The Bertz CT molecular complexity index is 1250. The number of halogens is 3. The van der Waals surface area contributed by atoms with Gasteiger partial charge in [-0.25, -0.2) is 14.6 Å². The molecule has 1 aliphatic rings. The van der Waals surface area contributed by atoms with Crippen molar-refractivity contribution in [3.8, 4) is 11.7 Å². The number of amides is 2. The molecule has 1 saturated heterocycles. The first-order valence-corrected chi connectivity index (χ1v) is 11.1. The highest BCUT2D eigenvalue weighted by Gasteiger charge is 2.27. The van der Waals surface area contributed by atoms with Gasteiger partial charge in [-0.3, -0.25) is 9.59 Å². The molecule has 0 spiro atoms. The zero-order chi connectivity index (χ0) is 24.4. The van der Waals surface area contributed by atoms with Gasteiger partial charge in [0.15, 0.2) is 5.82 Å². The van der Waals surface area contributed by atoms with Crippen LogP contribution in [0.3, 0.4) is 0 Å². The van der Waals surface area contributed by atoms with Crippen LogP contribution in [0, 0.1) is 0 Å². The van der Waals surface area contributed by atoms with Crippen molar-refractivity contribution in [1.82, 2.24) is 20.1 Å². The number of rotatable bonds is 7. The number of nitrogens with zero attached hydrogens (tertiary/aromatic N) is 3. The number of benzene rings is 1. The van der Waals surface area contributed by atoms with Gasteiger partial charge in [0, 0.05) is 23.3 Å². The minimum atomic E-state index is -0.671. The van der Waals surface area contributed by atoms with E-state index in [4.69, 9.17) is 44.4 Å². The Labute approximate surface area is 209 Å². The molecule has 0 bridgehead atoms. The highest BCUT2D eigenvalue weighted by Crippen LogP contribution is 2.32. The lowest BCUT2D eigenvalue weighted by Crippen LogP contribution is -2.36. The average molecular weight is 527 g/mol. The molecule has 4 rings (SSSR count). The van der Waals surface area contributed by atoms with Crippen molar-refractivity contribution in [2.45, 2.75) is 26.2 Å². The van der Waals surface area contributed by atoms with Crippen molar-refractivity contribution >= 4 is 52.3 Å². The zero-order valence-corrected chi connectivity index (χ0v) is 20.1. The van der Waals surface area contributed by atoms with Crippen molar-refractivity contribution in [3.63, 3.8) is 0 Å². The smallest absolute Gasteiger partial charge is 0.274 e. The Morgan fingerprint density at radius 2 is 1.94 bits per heavy atom. The number of hydrogen-bond donors (Lipinski definition) is 2. The molecule has 0 saturated carbocycles. The van der Waals surface area contributed by atoms with Gasteiger partial charge in [-0.05, 0) is 38.1 Å². The summed E-state index contributed by atoms with van der Waals surface area (Å²) in [6.07, 6.45) is 0.828. The molecular weight excluding hydrogens is 509 g/mol. The van der Waals surface area contributed by atoms with E-state index in [2.05, 4.69) is 25.6 Å². The summed E-state index contributed by atoms with van der Waals surface area (Å²) in [5.41, 5.74) is 0.183. The molecule has 1 unspecified atom stereocenters. The lowest BCUT2D eigenvalue weighted by atomic mass is 10.1. The van der Waals surface area contributed by atoms with Gasteiger partial charge in [0.2, 0.25) is 5.88 Å². The van der Waals surface area contributed by atoms with Crippen LogP contribution in [0.4, 0.5) is 5.69 Å². The molecule has 13 heteroatoms. The van der Waals surface area contributed by atoms with Crippen molar-refractivity contribution in [2.75, 3.05) is 11.9 Å². The summed E-state index contributed by atoms with van der Waals surface area (Å²) < 4.78 is 6.75. The maximum Gasteiger partial charge on any atom is 0.274 e. The fourth-order valence-corrected chi connectivity index (χ4v) is 3.72. The van der Waals surface area contributed by atoms with Crippen LogP contribution in [-0.2, 0) is 9.78 Å². The SMILES string of the molecule is CC(C)NC(=O)c1cc(Cl)cc(Cl)c1NC(=O)c1cc(OC2COO2)nn1-c1ncccc1Cl. The second kappa shape index (κ2) is 10.2. The third-order valence-corrected chi connectivity index (χ3v) is 5.26. The van der Waals surface area contributed by atoms with Gasteiger partial charge in [0.05, 0.1) is 21.3 Å². The zero-order valence-electron chi connectivity index (χ0n) is 17.8. The highest BCUT2D eigenvalue weighted by molar-refractivity contribution is 6.38. The highest BCUT2D eigenvalue weighted by atomic mass is 35.5. The molecule has 2 N–H and O–H groups in total. The molecule has 0 aliphatic carbocycles. The number of pyridine rings is 1. The number of ether oxygens (including phenoxy) is 1. The first-order chi connectivity index (χ1) is 16.2. The monoisotopic (exact) mass is 525 g/mol. The molecule has 1 aromatic carbocycles. The second-order valence-corrected chi connectivity index (χ2v) is 8.66. The van der Waals surface area contributed by atoms with Crippen molar-refractivity contribution in [2.24, 2.45) is 0 Å². The van der Waals surface area contributed by atoms with Gasteiger partial charge < -0.3 is 15.4 Å². The average Bonchev–Trinajstić information content (AvgIpc) is 3.16. The number of carbonyl (C=O) groups is 2. The summed E-state index contributed by atoms with van der Waals surface area (Å²) in [4.78, 5) is 39.7. The van der Waals surface area contributed by atoms with Gasteiger partial charge in [0.25, 0.3) is 18.1 Å². The Hall–Kier alpha value is -2.89. The fraction of sp³-hybridized carbons (Fsp3) is 0.238. The van der Waals surface area contributed by atoms with E-state index < -0.39 is 18.1 Å². The van der Waals surface area contributed by atoms with Crippen LogP contribution in [0.15, 0.2) is 36.5 Å². The first kappa shape index (κ1) is 24.2. The van der Waals surface area contributed by atoms with Gasteiger partial charge in [-0.15, -0.1) is 5.10 Å². The van der Waals surface area contributed by atoms with Crippen LogP contribution in [0.5, 0.6) is 5.88 Å². The quantitative estimate of drug-likeness (QED) is 0.441. The van der Waals surface area contributed by atoms with Gasteiger partial charge in [0.1, 0.15) is 12.3 Å². The fourth-order valence-electron chi connectivity index (χ4n) is 2.98. The van der Waals surface area contributed by atoms with E-state index in [9.17, 15) is 9.59 Å². The summed E-state index contributed by atoms with van der Waals surface area (Å²) in [6.45, 7) is 3.80. The number of carbonyl (C=O) groups excluding carboxylic acids is 2. The molecule has 34 heavy (non-hydrogen) atoms. The van der Waals surface area contributed by atoms with Crippen molar-refractivity contribution in [3.05, 3.63) is 62.9 Å². The molecule has 1 fully saturated rings. The molecular formula is C21H18Cl3N5O5. The Kier molecular flexibility index (Phi) is 7.24. The van der Waals surface area contributed by atoms with E-state index in [-0.39, 0.29) is 56.4 Å². The van der Waals surface area contributed by atoms with Crippen molar-refractivity contribution in [1.29, 1.82) is 0 Å². The van der Waals surface area contributed by atoms with E-state index in [1.165, 1.54) is 29.1 Å². The lowest BCUT2D eigenvalue weighted by Gasteiger charge is -2.23. The normalized spacial score (nSPS) is 15.1. The van der Waals surface area contributed by atoms with Crippen LogP contribution in [0.25, 0.3) is 5.82 Å². The first-order valence-electron chi connectivity index (χ1n) is 10.00. The van der Waals surface area contributed by atoms with Crippen LogP contribution in [0.1, 0.15) is 34.7 Å². The number of hydrogen-bond acceptors (Lipinski definition) is 7. The summed E-state index contributed by atoms with van der Waals surface area (Å²) in [5, 5.41) is 10.3. The number of nitrogens with one attached hydrogen (secondary N) is 2. The largest absolute Gasteiger partial charge is 0.441 e. The number of anilines is 1. The van der Waals surface area contributed by atoms with E-state index in [1.54, 1.807) is 26.0 Å². The summed E-state index contributed by atoms with van der Waals surface area (Å²) >= 11 is 18.7. The Morgan fingerprint density at radius 1 is 1.18 bits per heavy atom. The molecule has 1 aliphatic heterocycles. The van der Waals surface area contributed by atoms with Crippen LogP contribution >= 0.6 is 34.8 Å². The molecule has 2 amide bonds. The third kappa shape index (κ3) is 5.26. The Balaban J connectivity index is 1.72. The van der Waals surface area contributed by atoms with Crippen molar-refractivity contribution < 1.29 is 24.1 Å². The van der Waals surface area contributed by atoms with E-state index >= 15 is 0 Å². The van der Waals surface area contributed by atoms with E-state index in [0.717, 1.165) is 0 Å². The standard InChI is InChI=1S/C21H18Cl3N5O5/c1-10(2)26-20(30)12-6-11(22)7-14(24)18(12)27-21(31)15-8-16(33-17-9-32-34-17)28-29(15)19-13(23)4-3-5-25-19/h3-8,10,17H,9H2,1-2H3,(H,26,30)(H,27,31). The lowest BCUT2D eigenvalue weighted by molar-refractivity contribution is -0.466. The minimum absolute atomic E-state index is 0.0112. The molecule has 0 radical (unpaired) electrons. The van der Waals surface area contributed by atoms with Gasteiger partial charge in [-0.1, -0.05) is 34.8 Å². The molecule has 1 atom stereocenters. The predicted octanol–water partition coefficient (Wildman–Crippen LogP) is 4.28. The Morgan fingerprint density at radius 3 is 2.59 bits per heavy atom. The van der Waals surface area contributed by atoms with E-state index in [1.807, 2.05) is 0 Å². The summed E-state index contributed by atoms with van der Waals surface area (Å²) in [5.74, 6) is -0.852. The van der Waals surface area contributed by atoms with Gasteiger partial charge in [-0.2, -0.15) is 4.89 Å². The summed E-state index contributed by atoms with van der Waals surface area (Å²) in [6, 6.07) is 7.29. The molecule has 3 heterocycles. The third-order valence-electron chi connectivity index (χ3n) is 4.45. The summed E-state index contributed by atoms with van der Waals surface area (Å²) in [7, 11) is 0. The maximum atomic E-state index is 13.4. The van der Waals surface area contributed by atoms with Crippen LogP contribution in [0.2, 0.25) is 15.1 Å². The topological polar surface area (TPSA) is 117 Å². The molecule has 2 aromatic heterocycles. The molecule has 10 nitrogen and oxygen atoms in total. The second-order valence-electron chi connectivity index (χ2n) is 7.41. The van der Waals surface area contributed by atoms with Crippen LogP contribution < -0.4 is 15.4 Å². The van der Waals surface area contributed by atoms with Gasteiger partial charge >= 0.3 is 0 Å².